The van der Waals surface area contributed by atoms with Crippen LogP contribution in [-0.2, 0) is 0 Å². The molecule has 7 aromatic carbocycles. The second-order valence-electron chi connectivity index (χ2n) is 16.0. The zero-order chi connectivity index (χ0) is 41.4. The first-order valence-corrected chi connectivity index (χ1v) is 21.2. The zero-order valence-corrected chi connectivity index (χ0v) is 33.9. The molecule has 0 atom stereocenters. The van der Waals surface area contributed by atoms with Crippen LogP contribution < -0.4 is 0 Å². The first-order chi connectivity index (χ1) is 31.2. The summed E-state index contributed by atoms with van der Waals surface area (Å²) in [4.78, 5) is 15.2. The van der Waals surface area contributed by atoms with Crippen molar-refractivity contribution in [3.63, 3.8) is 0 Å². The molecule has 0 aliphatic carbocycles. The van der Waals surface area contributed by atoms with Crippen LogP contribution in [-0.4, -0.2) is 24.1 Å². The topological polar surface area (TPSA) is 61.7 Å². The number of nitrogens with zero attached hydrogens (tertiary/aromatic N) is 5. The maximum absolute atomic E-state index is 6.07. The normalized spacial score (nSPS) is 11.8. The highest BCUT2D eigenvalue weighted by Crippen LogP contribution is 2.39. The van der Waals surface area contributed by atoms with Gasteiger partial charge in [-0.15, -0.1) is 0 Å². The minimum absolute atomic E-state index is 0.780. The summed E-state index contributed by atoms with van der Waals surface area (Å²) >= 11 is 0. The van der Waals surface area contributed by atoms with Crippen LogP contribution >= 0.6 is 0 Å². The third-order valence-corrected chi connectivity index (χ3v) is 12.4. The monoisotopic (exact) mass is 805 g/mol. The fraction of sp³-hybridized carbons (Fsp3) is 0. The van der Waals surface area contributed by atoms with Crippen molar-refractivity contribution in [1.82, 2.24) is 24.1 Å². The summed E-state index contributed by atoms with van der Waals surface area (Å²) in [6.45, 7) is 0. The minimum atomic E-state index is 0.780. The van der Waals surface area contributed by atoms with Gasteiger partial charge in [0.15, 0.2) is 5.58 Å². The third-order valence-electron chi connectivity index (χ3n) is 12.4. The van der Waals surface area contributed by atoms with E-state index in [-0.39, 0.29) is 0 Å². The molecular weight excluding hydrogens is 771 g/mol. The Morgan fingerprint density at radius 1 is 0.317 bits per heavy atom. The van der Waals surface area contributed by atoms with E-state index in [0.29, 0.717) is 0 Å². The van der Waals surface area contributed by atoms with Gasteiger partial charge in [0, 0.05) is 44.3 Å². The molecule has 0 fully saturated rings. The summed E-state index contributed by atoms with van der Waals surface area (Å²) in [6.07, 6.45) is 1.81. The molecule has 0 saturated carbocycles. The van der Waals surface area contributed by atoms with Crippen molar-refractivity contribution in [1.29, 1.82) is 0 Å². The molecule has 6 nitrogen and oxygen atoms in total. The number of fused-ring (bicyclic) bond motifs is 9. The largest absolute Gasteiger partial charge is 0.454 e. The number of hydrogen-bond donors (Lipinski definition) is 0. The molecule has 13 aromatic rings. The molecule has 0 amide bonds. The van der Waals surface area contributed by atoms with E-state index in [1.807, 2.05) is 24.3 Å². The minimum Gasteiger partial charge on any atom is -0.454 e. The molecule has 0 saturated heterocycles. The van der Waals surface area contributed by atoms with E-state index in [1.165, 1.54) is 21.5 Å². The maximum atomic E-state index is 6.07. The molecule has 0 aliphatic rings. The number of para-hydroxylation sites is 2. The fourth-order valence-electron chi connectivity index (χ4n) is 9.45. The lowest BCUT2D eigenvalue weighted by molar-refractivity contribution is 0.668. The van der Waals surface area contributed by atoms with E-state index in [0.717, 1.165) is 101 Å². The van der Waals surface area contributed by atoms with E-state index < -0.39 is 0 Å². The predicted molar refractivity (Wildman–Crippen MR) is 258 cm³/mol. The summed E-state index contributed by atoms with van der Waals surface area (Å²) in [6, 6.07) is 72.7. The van der Waals surface area contributed by atoms with Gasteiger partial charge in [0.25, 0.3) is 0 Å². The lowest BCUT2D eigenvalue weighted by Crippen LogP contribution is -2.00. The van der Waals surface area contributed by atoms with Crippen LogP contribution in [0.5, 0.6) is 0 Å². The van der Waals surface area contributed by atoms with Crippen LogP contribution in [0.2, 0.25) is 0 Å². The molecule has 0 bridgehead atoms. The third kappa shape index (κ3) is 5.69. The maximum Gasteiger partial charge on any atom is 0.153 e. The quantitative estimate of drug-likeness (QED) is 0.168. The van der Waals surface area contributed by atoms with Crippen molar-refractivity contribution in [2.45, 2.75) is 0 Å². The summed E-state index contributed by atoms with van der Waals surface area (Å²) in [5.41, 5.74) is 15.4. The van der Waals surface area contributed by atoms with E-state index in [2.05, 4.69) is 196 Å². The highest BCUT2D eigenvalue weighted by atomic mass is 16.3. The molecule has 6 heterocycles. The second kappa shape index (κ2) is 14.0. The zero-order valence-electron chi connectivity index (χ0n) is 33.9. The fourth-order valence-corrected chi connectivity index (χ4v) is 9.45. The van der Waals surface area contributed by atoms with Crippen molar-refractivity contribution in [2.75, 3.05) is 0 Å². The van der Waals surface area contributed by atoms with Gasteiger partial charge in [-0.1, -0.05) is 115 Å². The molecule has 294 valence electrons. The van der Waals surface area contributed by atoms with E-state index in [1.54, 1.807) is 6.20 Å². The second-order valence-corrected chi connectivity index (χ2v) is 16.0. The van der Waals surface area contributed by atoms with Crippen molar-refractivity contribution in [3.05, 3.63) is 212 Å². The highest BCUT2D eigenvalue weighted by Gasteiger charge is 2.19. The molecule has 6 heteroatoms. The van der Waals surface area contributed by atoms with Gasteiger partial charge in [-0.25, -0.2) is 9.97 Å². The van der Waals surface area contributed by atoms with Crippen LogP contribution in [0.15, 0.2) is 217 Å². The molecule has 0 radical (unpaired) electrons. The van der Waals surface area contributed by atoms with Crippen LogP contribution in [0, 0.1) is 0 Å². The van der Waals surface area contributed by atoms with Crippen molar-refractivity contribution >= 4 is 65.7 Å². The standard InChI is InChI=1S/C57H35N5O/c1-3-13-36(14-4-1)41-34-48(37-15-5-2-6-16-37)60-56(35-41)62-50-21-10-8-18-43(50)45-32-39(25-28-52(45)62)38-24-27-51-44(31-38)42-17-7-9-20-49(42)61(51)55-23-11-19-47(59-55)40-26-29-53-46(33-40)57-54(63-53)22-12-30-58-57/h1-35H. The number of pyridine rings is 3. The first-order valence-electron chi connectivity index (χ1n) is 21.2. The van der Waals surface area contributed by atoms with Gasteiger partial charge in [0.1, 0.15) is 22.7 Å². The van der Waals surface area contributed by atoms with Gasteiger partial charge in [0.2, 0.25) is 0 Å². The Morgan fingerprint density at radius 2 is 0.905 bits per heavy atom. The van der Waals surface area contributed by atoms with Gasteiger partial charge in [-0.3, -0.25) is 14.1 Å². The van der Waals surface area contributed by atoms with Crippen molar-refractivity contribution in [2.24, 2.45) is 0 Å². The van der Waals surface area contributed by atoms with Crippen LogP contribution in [0.1, 0.15) is 0 Å². The lowest BCUT2D eigenvalue weighted by Gasteiger charge is -2.13. The van der Waals surface area contributed by atoms with Crippen molar-refractivity contribution in [3.8, 4) is 56.4 Å². The Labute approximate surface area is 361 Å². The average Bonchev–Trinajstić information content (AvgIpc) is 4.01. The average molecular weight is 806 g/mol. The molecule has 0 N–H and O–H groups in total. The molecule has 63 heavy (non-hydrogen) atoms. The van der Waals surface area contributed by atoms with Gasteiger partial charge >= 0.3 is 0 Å². The number of hydrogen-bond acceptors (Lipinski definition) is 4. The van der Waals surface area contributed by atoms with E-state index in [4.69, 9.17) is 14.4 Å². The summed E-state index contributed by atoms with van der Waals surface area (Å²) < 4.78 is 10.7. The van der Waals surface area contributed by atoms with Crippen molar-refractivity contribution < 1.29 is 4.42 Å². The molecule has 0 unspecified atom stereocenters. The molecule has 0 aliphatic heterocycles. The molecular formula is C57H35N5O. The Balaban J connectivity index is 0.938. The number of benzene rings is 7. The molecule has 13 rings (SSSR count). The molecule has 6 aromatic heterocycles. The smallest absolute Gasteiger partial charge is 0.153 e. The SMILES string of the molecule is c1ccc(-c2cc(-c3ccccc3)nc(-n3c4ccccc4c4cc(-c5ccc6c(c5)c5ccccc5n6-c5cccc(-c6ccc7oc8cccnc8c7c6)n5)ccc43)c2)cc1. The van der Waals surface area contributed by atoms with Crippen LogP contribution in [0.25, 0.3) is 122 Å². The Kier molecular flexibility index (Phi) is 7.80. The van der Waals surface area contributed by atoms with E-state index in [9.17, 15) is 0 Å². The number of furan rings is 1. The lowest BCUT2D eigenvalue weighted by atomic mass is 10.0. The Hall–Kier alpha value is -8.61. The van der Waals surface area contributed by atoms with E-state index >= 15 is 0 Å². The first kappa shape index (κ1) is 35.2. The number of rotatable bonds is 6. The predicted octanol–water partition coefficient (Wildman–Crippen LogP) is 14.6. The summed E-state index contributed by atoms with van der Waals surface area (Å²) in [5, 5.41) is 5.69. The Morgan fingerprint density at radius 3 is 1.62 bits per heavy atom. The number of aromatic nitrogens is 5. The molecule has 0 spiro atoms. The van der Waals surface area contributed by atoms with Gasteiger partial charge < -0.3 is 4.42 Å². The van der Waals surface area contributed by atoms with Gasteiger partial charge in [-0.05, 0) is 113 Å². The van der Waals surface area contributed by atoms with Gasteiger partial charge in [0.05, 0.1) is 33.5 Å². The highest BCUT2D eigenvalue weighted by molar-refractivity contribution is 6.13. The van der Waals surface area contributed by atoms with Crippen LogP contribution in [0.3, 0.4) is 0 Å². The van der Waals surface area contributed by atoms with Crippen LogP contribution in [0.4, 0.5) is 0 Å². The summed E-state index contributed by atoms with van der Waals surface area (Å²) in [7, 11) is 0. The van der Waals surface area contributed by atoms with Gasteiger partial charge in [-0.2, -0.15) is 0 Å². The Bertz CT molecular complexity index is 3860. The summed E-state index contributed by atoms with van der Waals surface area (Å²) in [5.74, 6) is 1.74.